The first-order chi connectivity index (χ1) is 17.2. The second-order valence-corrected chi connectivity index (χ2v) is 10.5. The van der Waals surface area contributed by atoms with Crippen LogP contribution in [0.2, 0.25) is 0 Å². The highest BCUT2D eigenvalue weighted by atomic mass is 32.2. The van der Waals surface area contributed by atoms with Crippen molar-refractivity contribution in [2.24, 2.45) is 0 Å². The summed E-state index contributed by atoms with van der Waals surface area (Å²) in [6.07, 6.45) is 0.322. The Morgan fingerprint density at radius 2 is 1.67 bits per heavy atom. The normalized spacial score (nSPS) is 19.9. The summed E-state index contributed by atoms with van der Waals surface area (Å²) in [7, 11) is -2.54. The number of carbonyl (C=O) groups excluding carboxylic acids is 2. The van der Waals surface area contributed by atoms with Gasteiger partial charge in [0, 0.05) is 24.7 Å². The first-order valence-corrected chi connectivity index (χ1v) is 12.8. The van der Waals surface area contributed by atoms with Gasteiger partial charge in [-0.2, -0.15) is 0 Å². The Labute approximate surface area is 209 Å². The number of hydrogen-bond donors (Lipinski definition) is 2. The van der Waals surface area contributed by atoms with Gasteiger partial charge in [-0.3, -0.25) is 4.79 Å². The maximum atomic E-state index is 13.8. The fraction of sp³-hybridized carbons (Fsp3) is 0.231. The van der Waals surface area contributed by atoms with Gasteiger partial charge in [-0.05, 0) is 42.7 Å². The summed E-state index contributed by atoms with van der Waals surface area (Å²) in [5.41, 5.74) is 0.599. The van der Waals surface area contributed by atoms with E-state index in [0.29, 0.717) is 29.2 Å². The number of nitrogens with one attached hydrogen (secondary N) is 2. The van der Waals surface area contributed by atoms with Crippen molar-refractivity contribution in [2.75, 3.05) is 18.7 Å². The van der Waals surface area contributed by atoms with Gasteiger partial charge in [-0.25, -0.2) is 17.9 Å². The molecule has 1 aliphatic carbocycles. The number of benzene rings is 3. The Balaban J connectivity index is 1.42. The van der Waals surface area contributed by atoms with Crippen molar-refractivity contribution in [1.82, 2.24) is 10.0 Å². The summed E-state index contributed by atoms with van der Waals surface area (Å²) in [6, 6.07) is 19.8. The third kappa shape index (κ3) is 4.24. The van der Waals surface area contributed by atoms with E-state index >= 15 is 0 Å². The Morgan fingerprint density at radius 3 is 2.42 bits per heavy atom. The third-order valence-corrected chi connectivity index (χ3v) is 8.03. The molecule has 1 fully saturated rings. The first kappa shape index (κ1) is 23.7. The number of carbonyl (C=O) groups is 2. The number of anilines is 1. The molecule has 3 aromatic rings. The van der Waals surface area contributed by atoms with Crippen LogP contribution in [0.3, 0.4) is 0 Å². The van der Waals surface area contributed by atoms with Crippen molar-refractivity contribution in [3.05, 3.63) is 83.9 Å². The summed E-state index contributed by atoms with van der Waals surface area (Å²) in [4.78, 5) is 28.2. The largest absolute Gasteiger partial charge is 0.454 e. The number of nitrogens with zero attached hydrogens (tertiary/aromatic N) is 1. The lowest BCUT2D eigenvalue weighted by atomic mass is 10.0. The van der Waals surface area contributed by atoms with E-state index in [0.717, 1.165) is 5.56 Å². The number of likely N-dealkylation sites (N-methyl/N-ethyl adjacent to an activating group) is 1. The average Bonchev–Trinajstić information content (AvgIpc) is 3.38. The molecule has 10 heteroatoms. The number of hydrogen-bond acceptors (Lipinski definition) is 6. The maximum Gasteiger partial charge on any atom is 0.329 e. The molecule has 186 valence electrons. The van der Waals surface area contributed by atoms with Crippen molar-refractivity contribution < 1.29 is 27.5 Å². The van der Waals surface area contributed by atoms with Crippen LogP contribution in [0.25, 0.3) is 0 Å². The van der Waals surface area contributed by atoms with E-state index in [9.17, 15) is 18.0 Å². The van der Waals surface area contributed by atoms with E-state index in [1.54, 1.807) is 50.4 Å². The van der Waals surface area contributed by atoms with Gasteiger partial charge >= 0.3 is 6.03 Å². The van der Waals surface area contributed by atoms with Gasteiger partial charge in [0.15, 0.2) is 11.5 Å². The lowest BCUT2D eigenvalue weighted by molar-refractivity contribution is -0.121. The minimum atomic E-state index is -4.14. The number of rotatable bonds is 6. The fourth-order valence-corrected chi connectivity index (χ4v) is 5.71. The second-order valence-electron chi connectivity index (χ2n) is 8.87. The van der Waals surface area contributed by atoms with Crippen LogP contribution in [0.4, 0.5) is 10.5 Å². The van der Waals surface area contributed by atoms with Crippen molar-refractivity contribution in [3.8, 4) is 11.5 Å². The van der Waals surface area contributed by atoms with Crippen molar-refractivity contribution in [2.45, 2.75) is 29.7 Å². The third-order valence-electron chi connectivity index (χ3n) is 6.54. The molecule has 5 rings (SSSR count). The highest BCUT2D eigenvalue weighted by Gasteiger charge is 2.63. The lowest BCUT2D eigenvalue weighted by Gasteiger charge is -2.26. The van der Waals surface area contributed by atoms with Crippen LogP contribution in [0.5, 0.6) is 11.5 Å². The quantitative estimate of drug-likeness (QED) is 0.529. The number of amides is 3. The summed E-state index contributed by atoms with van der Waals surface area (Å²) < 4.78 is 38.6. The van der Waals surface area contributed by atoms with Gasteiger partial charge in [0.2, 0.25) is 6.79 Å². The Hall–Kier alpha value is -4.05. The van der Waals surface area contributed by atoms with Gasteiger partial charge in [0.05, 0.1) is 4.90 Å². The molecule has 3 aromatic carbocycles. The highest BCUT2D eigenvalue weighted by Crippen LogP contribution is 2.53. The molecule has 0 unspecified atom stereocenters. The molecule has 0 spiro atoms. The molecule has 0 saturated heterocycles. The van der Waals surface area contributed by atoms with Gasteiger partial charge < -0.3 is 19.7 Å². The predicted octanol–water partition coefficient (Wildman–Crippen LogP) is 3.30. The van der Waals surface area contributed by atoms with Gasteiger partial charge in [0.25, 0.3) is 15.9 Å². The molecule has 1 heterocycles. The number of ether oxygens (including phenoxy) is 2. The molecule has 1 saturated carbocycles. The zero-order valence-electron chi connectivity index (χ0n) is 19.7. The molecule has 3 amide bonds. The Kier molecular flexibility index (Phi) is 5.83. The molecule has 0 radical (unpaired) electrons. The minimum absolute atomic E-state index is 0.00610. The predicted molar refractivity (Wildman–Crippen MR) is 133 cm³/mol. The average molecular weight is 508 g/mol. The van der Waals surface area contributed by atoms with Crippen LogP contribution < -0.4 is 24.4 Å². The van der Waals surface area contributed by atoms with Crippen LogP contribution >= 0.6 is 0 Å². The van der Waals surface area contributed by atoms with E-state index in [1.807, 2.05) is 30.3 Å². The number of fused-ring (bicyclic) bond motifs is 1. The minimum Gasteiger partial charge on any atom is -0.454 e. The van der Waals surface area contributed by atoms with Crippen LogP contribution in [0.15, 0.2) is 77.7 Å². The zero-order chi connectivity index (χ0) is 25.5. The fourth-order valence-electron chi connectivity index (χ4n) is 4.55. The van der Waals surface area contributed by atoms with Crippen LogP contribution in [0.1, 0.15) is 23.5 Å². The van der Waals surface area contributed by atoms with Gasteiger partial charge in [0.1, 0.15) is 5.54 Å². The molecular formula is C26H25N3O6S. The van der Waals surface area contributed by atoms with Gasteiger partial charge in [-0.15, -0.1) is 0 Å². The van der Waals surface area contributed by atoms with E-state index in [-0.39, 0.29) is 23.5 Å². The molecule has 9 nitrogen and oxygen atoms in total. The lowest BCUT2D eigenvalue weighted by Crippen LogP contribution is -2.54. The molecule has 0 bridgehead atoms. The summed E-state index contributed by atoms with van der Waals surface area (Å²) in [5, 5.41) is 2.69. The molecule has 36 heavy (non-hydrogen) atoms. The van der Waals surface area contributed by atoms with Crippen molar-refractivity contribution >= 4 is 27.6 Å². The topological polar surface area (TPSA) is 114 Å². The Morgan fingerprint density at radius 1 is 0.972 bits per heavy atom. The van der Waals surface area contributed by atoms with E-state index in [1.165, 1.54) is 11.0 Å². The zero-order valence-corrected chi connectivity index (χ0v) is 20.5. The number of urea groups is 1. The van der Waals surface area contributed by atoms with Crippen LogP contribution in [-0.4, -0.2) is 39.7 Å². The van der Waals surface area contributed by atoms with E-state index < -0.39 is 21.6 Å². The molecule has 0 aromatic heterocycles. The van der Waals surface area contributed by atoms with Crippen LogP contribution in [0, 0.1) is 6.92 Å². The second kappa shape index (κ2) is 8.87. The molecule has 2 aliphatic rings. The molecular weight excluding hydrogens is 482 g/mol. The SMILES string of the molecule is Cc1ccccc1S(=O)(=O)NC(=O)N[C@@]1(C(=O)N(C)c2ccc3c(c2)OCO3)C[C@@H]1c1ccccc1. The smallest absolute Gasteiger partial charge is 0.329 e. The maximum absolute atomic E-state index is 13.8. The summed E-state index contributed by atoms with van der Waals surface area (Å²) >= 11 is 0. The van der Waals surface area contributed by atoms with Crippen molar-refractivity contribution in [3.63, 3.8) is 0 Å². The molecule has 2 N–H and O–H groups in total. The van der Waals surface area contributed by atoms with E-state index in [4.69, 9.17) is 9.47 Å². The molecule has 1 aliphatic heterocycles. The standard InChI is InChI=1S/C26H25N3O6S/c1-17-8-6-7-11-23(17)36(32,33)28-25(31)27-26(15-20(26)18-9-4-3-5-10-18)24(30)29(2)19-12-13-21-22(14-19)35-16-34-21/h3-14,20H,15-16H2,1-2H3,(H2,27,28,31)/t20-,26+/m1/s1. The van der Waals surface area contributed by atoms with Gasteiger partial charge in [-0.1, -0.05) is 48.5 Å². The number of sulfonamides is 1. The van der Waals surface area contributed by atoms with Crippen LogP contribution in [-0.2, 0) is 14.8 Å². The summed E-state index contributed by atoms with van der Waals surface area (Å²) in [6.45, 7) is 1.75. The molecule has 2 atom stereocenters. The highest BCUT2D eigenvalue weighted by molar-refractivity contribution is 7.90. The van der Waals surface area contributed by atoms with E-state index in [2.05, 4.69) is 10.0 Å². The number of aryl methyl sites for hydroxylation is 1. The first-order valence-electron chi connectivity index (χ1n) is 11.3. The summed E-state index contributed by atoms with van der Waals surface area (Å²) in [5.74, 6) is 0.404. The van der Waals surface area contributed by atoms with Crippen molar-refractivity contribution in [1.29, 1.82) is 0 Å². The Bertz CT molecular complexity index is 1440. The monoisotopic (exact) mass is 507 g/mol.